The molecule has 0 aromatic heterocycles. The normalized spacial score (nSPS) is 10.2. The number of para-hydroxylation sites is 1. The van der Waals surface area contributed by atoms with Crippen LogP contribution in [0.5, 0.6) is 5.75 Å². The van der Waals surface area contributed by atoms with Crippen molar-refractivity contribution in [3.05, 3.63) is 59.7 Å². The average molecular weight is 293 g/mol. The number of benzene rings is 2. The maximum absolute atomic E-state index is 13.5. The number of hydrogen-bond acceptors (Lipinski definition) is 3. The fraction of sp³-hybridized carbons (Fsp3) is 0.133. The molecular formula is C15H13F2NO3. The van der Waals surface area contributed by atoms with Crippen molar-refractivity contribution in [3.63, 3.8) is 0 Å². The Balaban J connectivity index is 1.99. The van der Waals surface area contributed by atoms with Crippen molar-refractivity contribution in [2.45, 2.75) is 6.61 Å². The van der Waals surface area contributed by atoms with Crippen molar-refractivity contribution < 1.29 is 23.4 Å². The molecule has 0 spiro atoms. The number of carbonyl (C=O) groups excluding carboxylic acids is 1. The molecule has 0 saturated carbocycles. The lowest BCUT2D eigenvalue weighted by atomic mass is 10.2. The number of aliphatic hydroxyl groups is 1. The first-order chi connectivity index (χ1) is 10.1. The molecule has 1 amide bonds. The molecular weight excluding hydrogens is 280 g/mol. The third-order valence-corrected chi connectivity index (χ3v) is 2.67. The second-order valence-corrected chi connectivity index (χ2v) is 4.23. The van der Waals surface area contributed by atoms with Gasteiger partial charge in [0.15, 0.2) is 18.2 Å². The first-order valence-corrected chi connectivity index (χ1v) is 6.16. The van der Waals surface area contributed by atoms with Crippen LogP contribution in [0.15, 0.2) is 42.5 Å². The van der Waals surface area contributed by atoms with Gasteiger partial charge in [-0.2, -0.15) is 0 Å². The maximum Gasteiger partial charge on any atom is 0.262 e. The zero-order valence-electron chi connectivity index (χ0n) is 11.0. The number of ether oxygens (including phenoxy) is 1. The van der Waals surface area contributed by atoms with Crippen molar-refractivity contribution in [2.24, 2.45) is 0 Å². The number of nitrogens with one attached hydrogen (secondary N) is 1. The molecule has 6 heteroatoms. The monoisotopic (exact) mass is 293 g/mol. The third-order valence-electron chi connectivity index (χ3n) is 2.67. The minimum absolute atomic E-state index is 0.172. The zero-order chi connectivity index (χ0) is 15.2. The topological polar surface area (TPSA) is 58.6 Å². The van der Waals surface area contributed by atoms with Crippen LogP contribution in [0.1, 0.15) is 5.56 Å². The van der Waals surface area contributed by atoms with Crippen LogP contribution < -0.4 is 10.1 Å². The fourth-order valence-corrected chi connectivity index (χ4v) is 1.74. The molecule has 2 aromatic carbocycles. The van der Waals surface area contributed by atoms with E-state index >= 15 is 0 Å². The minimum atomic E-state index is -0.667. The van der Waals surface area contributed by atoms with Gasteiger partial charge in [-0.15, -0.1) is 0 Å². The molecule has 0 aliphatic carbocycles. The van der Waals surface area contributed by atoms with Gasteiger partial charge >= 0.3 is 0 Å². The van der Waals surface area contributed by atoms with E-state index in [-0.39, 0.29) is 17.0 Å². The third kappa shape index (κ3) is 4.00. The molecule has 0 aliphatic rings. The summed E-state index contributed by atoms with van der Waals surface area (Å²) in [6.07, 6.45) is 0. The van der Waals surface area contributed by atoms with Gasteiger partial charge in [-0.25, -0.2) is 8.78 Å². The van der Waals surface area contributed by atoms with Gasteiger partial charge < -0.3 is 15.2 Å². The highest BCUT2D eigenvalue weighted by molar-refractivity contribution is 5.91. The fourth-order valence-electron chi connectivity index (χ4n) is 1.74. The van der Waals surface area contributed by atoms with Crippen LogP contribution in [-0.2, 0) is 11.4 Å². The number of aliphatic hydroxyl groups excluding tert-OH is 1. The van der Waals surface area contributed by atoms with Gasteiger partial charge in [-0.3, -0.25) is 4.79 Å². The molecule has 4 nitrogen and oxygen atoms in total. The molecule has 110 valence electrons. The van der Waals surface area contributed by atoms with Gasteiger partial charge in [0.2, 0.25) is 0 Å². The van der Waals surface area contributed by atoms with Crippen molar-refractivity contribution >= 4 is 11.6 Å². The van der Waals surface area contributed by atoms with E-state index in [1.165, 1.54) is 36.4 Å². The van der Waals surface area contributed by atoms with Gasteiger partial charge in [0.05, 0.1) is 6.61 Å². The Morgan fingerprint density at radius 2 is 1.95 bits per heavy atom. The summed E-state index contributed by atoms with van der Waals surface area (Å²) in [7, 11) is 0. The second-order valence-electron chi connectivity index (χ2n) is 4.23. The highest BCUT2D eigenvalue weighted by Gasteiger charge is 2.11. The summed E-state index contributed by atoms with van der Waals surface area (Å²) in [5.41, 5.74) is 0.521. The molecule has 0 fully saturated rings. The summed E-state index contributed by atoms with van der Waals surface area (Å²) in [5, 5.41) is 11.5. The lowest BCUT2D eigenvalue weighted by Crippen LogP contribution is -2.21. The lowest BCUT2D eigenvalue weighted by Gasteiger charge is -2.11. The van der Waals surface area contributed by atoms with E-state index in [0.717, 1.165) is 6.07 Å². The van der Waals surface area contributed by atoms with E-state index in [4.69, 9.17) is 9.84 Å². The first-order valence-electron chi connectivity index (χ1n) is 6.16. The average Bonchev–Trinajstić information content (AvgIpc) is 2.45. The summed E-state index contributed by atoms with van der Waals surface area (Å²) in [4.78, 5) is 11.7. The predicted octanol–water partition coefficient (Wildman–Crippen LogP) is 2.47. The van der Waals surface area contributed by atoms with Gasteiger partial charge in [0.25, 0.3) is 5.91 Å². The molecule has 0 unspecified atom stereocenters. The van der Waals surface area contributed by atoms with Crippen LogP contribution in [0.3, 0.4) is 0 Å². The van der Waals surface area contributed by atoms with Crippen molar-refractivity contribution in [3.8, 4) is 5.75 Å². The van der Waals surface area contributed by atoms with Gasteiger partial charge in [-0.1, -0.05) is 18.2 Å². The molecule has 0 atom stereocenters. The highest BCUT2D eigenvalue weighted by Crippen LogP contribution is 2.22. The van der Waals surface area contributed by atoms with Crippen LogP contribution in [-0.4, -0.2) is 17.6 Å². The summed E-state index contributed by atoms with van der Waals surface area (Å²) in [5.74, 6) is -1.88. The van der Waals surface area contributed by atoms with Crippen LogP contribution in [0, 0.1) is 11.6 Å². The van der Waals surface area contributed by atoms with Crippen LogP contribution >= 0.6 is 0 Å². The second kappa shape index (κ2) is 6.81. The Morgan fingerprint density at radius 1 is 1.19 bits per heavy atom. The number of anilines is 1. The van der Waals surface area contributed by atoms with E-state index in [1.54, 1.807) is 0 Å². The molecule has 2 aromatic rings. The van der Waals surface area contributed by atoms with E-state index in [9.17, 15) is 13.6 Å². The Morgan fingerprint density at radius 3 is 2.67 bits per heavy atom. The molecule has 2 rings (SSSR count). The standard InChI is InChI=1S/C15H13F2NO3/c16-11-4-2-5-12(7-11)18-14(20)9-21-15-10(8-19)3-1-6-13(15)17/h1-7,19H,8-9H2,(H,18,20). The van der Waals surface area contributed by atoms with E-state index < -0.39 is 30.8 Å². The Hall–Kier alpha value is -2.47. The van der Waals surface area contributed by atoms with E-state index in [2.05, 4.69) is 5.32 Å². The number of carbonyl (C=O) groups is 1. The van der Waals surface area contributed by atoms with Gasteiger partial charge in [0, 0.05) is 11.3 Å². The van der Waals surface area contributed by atoms with Crippen molar-refractivity contribution in [1.82, 2.24) is 0 Å². The lowest BCUT2D eigenvalue weighted by molar-refractivity contribution is -0.118. The molecule has 0 radical (unpaired) electrons. The molecule has 0 saturated heterocycles. The number of amides is 1. The molecule has 0 aliphatic heterocycles. The van der Waals surface area contributed by atoms with Crippen LogP contribution in [0.25, 0.3) is 0 Å². The Labute approximate surface area is 120 Å². The van der Waals surface area contributed by atoms with Gasteiger partial charge in [0.1, 0.15) is 5.82 Å². The van der Waals surface area contributed by atoms with Crippen LogP contribution in [0.4, 0.5) is 14.5 Å². The zero-order valence-corrected chi connectivity index (χ0v) is 11.0. The predicted molar refractivity (Wildman–Crippen MR) is 72.8 cm³/mol. The Kier molecular flexibility index (Phi) is 4.84. The molecule has 2 N–H and O–H groups in total. The van der Waals surface area contributed by atoms with E-state index in [0.29, 0.717) is 0 Å². The smallest absolute Gasteiger partial charge is 0.262 e. The quantitative estimate of drug-likeness (QED) is 0.890. The van der Waals surface area contributed by atoms with Crippen LogP contribution in [0.2, 0.25) is 0 Å². The summed E-state index contributed by atoms with van der Waals surface area (Å²) in [6, 6.07) is 9.46. The van der Waals surface area contributed by atoms with Crippen molar-refractivity contribution in [2.75, 3.05) is 11.9 Å². The number of rotatable bonds is 5. The SMILES string of the molecule is O=C(COc1c(F)cccc1CO)Nc1cccc(F)c1. The number of halogens is 2. The van der Waals surface area contributed by atoms with E-state index in [1.807, 2.05) is 0 Å². The van der Waals surface area contributed by atoms with Crippen molar-refractivity contribution in [1.29, 1.82) is 0 Å². The summed E-state index contributed by atoms with van der Waals surface area (Å²) in [6.45, 7) is -0.858. The highest BCUT2D eigenvalue weighted by atomic mass is 19.1. The summed E-state index contributed by atoms with van der Waals surface area (Å²) < 4.78 is 31.6. The van der Waals surface area contributed by atoms with Gasteiger partial charge in [-0.05, 0) is 24.3 Å². The first kappa shape index (κ1) is 14.9. The summed E-state index contributed by atoms with van der Waals surface area (Å²) >= 11 is 0. The molecule has 0 bridgehead atoms. The number of hydrogen-bond donors (Lipinski definition) is 2. The maximum atomic E-state index is 13.5. The largest absolute Gasteiger partial charge is 0.480 e. The molecule has 0 heterocycles. The molecule has 21 heavy (non-hydrogen) atoms. The Bertz CT molecular complexity index is 647. The minimum Gasteiger partial charge on any atom is -0.480 e.